The normalized spacial score (nSPS) is 14.6. The molecule has 0 saturated carbocycles. The van der Waals surface area contributed by atoms with Gasteiger partial charge in [0.1, 0.15) is 5.60 Å². The molecule has 0 fully saturated rings. The van der Waals surface area contributed by atoms with E-state index in [4.69, 9.17) is 4.74 Å². The number of hydrogen-bond acceptors (Lipinski definition) is 3. The van der Waals surface area contributed by atoms with E-state index in [1.807, 2.05) is 51.1 Å². The summed E-state index contributed by atoms with van der Waals surface area (Å²) in [7, 11) is 0. The van der Waals surface area contributed by atoms with Crippen LogP contribution in [-0.4, -0.2) is 28.9 Å². The molecule has 0 heterocycles. The Hall–Kier alpha value is -1.55. The molecule has 2 N–H and O–H groups in total. The molecule has 4 nitrogen and oxygen atoms in total. The number of alkyl carbamates (subject to hydrolysis) is 1. The predicted octanol–water partition coefficient (Wildman–Crippen LogP) is 2.50. The molecule has 4 heteroatoms. The van der Waals surface area contributed by atoms with Crippen LogP contribution in [0.3, 0.4) is 0 Å². The molecular weight excluding hydrogens is 242 g/mol. The lowest BCUT2D eigenvalue weighted by atomic mass is 9.97. The maximum Gasteiger partial charge on any atom is 0.408 e. The molecule has 0 aliphatic rings. The lowest BCUT2D eigenvalue weighted by molar-refractivity contribution is -0.0189. The van der Waals surface area contributed by atoms with Gasteiger partial charge in [-0.1, -0.05) is 30.3 Å². The van der Waals surface area contributed by atoms with Crippen LogP contribution in [0.4, 0.5) is 4.79 Å². The average Bonchev–Trinajstić information content (AvgIpc) is 2.27. The second-order valence-electron chi connectivity index (χ2n) is 6.03. The number of carbonyl (C=O) groups is 1. The number of carbonyl (C=O) groups excluding carboxylic acids is 1. The topological polar surface area (TPSA) is 58.6 Å². The van der Waals surface area contributed by atoms with Crippen molar-refractivity contribution in [1.82, 2.24) is 5.32 Å². The average molecular weight is 265 g/mol. The monoisotopic (exact) mass is 265 g/mol. The Kier molecular flexibility index (Phi) is 4.95. The summed E-state index contributed by atoms with van der Waals surface area (Å²) < 4.78 is 5.37. The van der Waals surface area contributed by atoms with Crippen molar-refractivity contribution in [2.75, 3.05) is 6.61 Å². The van der Waals surface area contributed by atoms with Gasteiger partial charge in [-0.05, 0) is 33.3 Å². The summed E-state index contributed by atoms with van der Waals surface area (Å²) in [6, 6.07) is 9.65. The second kappa shape index (κ2) is 6.06. The van der Waals surface area contributed by atoms with Crippen LogP contribution in [0.25, 0.3) is 0 Å². The molecule has 0 spiro atoms. The molecule has 1 aromatic carbocycles. The van der Waals surface area contributed by atoms with Gasteiger partial charge >= 0.3 is 6.09 Å². The van der Waals surface area contributed by atoms with Gasteiger partial charge < -0.3 is 15.2 Å². The Labute approximate surface area is 114 Å². The van der Waals surface area contributed by atoms with E-state index in [-0.39, 0.29) is 12.1 Å². The number of ether oxygens (including phenoxy) is 1. The first-order valence-corrected chi connectivity index (χ1v) is 6.40. The highest BCUT2D eigenvalue weighted by Crippen LogP contribution is 2.18. The molecule has 1 aromatic rings. The van der Waals surface area contributed by atoms with Crippen molar-refractivity contribution < 1.29 is 14.6 Å². The van der Waals surface area contributed by atoms with Crippen molar-refractivity contribution in [3.8, 4) is 0 Å². The van der Waals surface area contributed by atoms with Gasteiger partial charge in [0.15, 0.2) is 0 Å². The van der Waals surface area contributed by atoms with Crippen LogP contribution in [0.1, 0.15) is 33.3 Å². The Morgan fingerprint density at radius 3 is 2.26 bits per heavy atom. The minimum absolute atomic E-state index is 0.223. The van der Waals surface area contributed by atoms with Gasteiger partial charge in [-0.2, -0.15) is 0 Å². The van der Waals surface area contributed by atoms with Crippen molar-refractivity contribution >= 4 is 6.09 Å². The number of benzene rings is 1. The minimum atomic E-state index is -0.920. The zero-order chi connectivity index (χ0) is 14.5. The van der Waals surface area contributed by atoms with Gasteiger partial charge in [-0.15, -0.1) is 0 Å². The van der Waals surface area contributed by atoms with E-state index in [9.17, 15) is 9.90 Å². The maximum absolute atomic E-state index is 11.8. The molecule has 0 bridgehead atoms. The predicted molar refractivity (Wildman–Crippen MR) is 75.0 cm³/mol. The Balaban J connectivity index is 2.68. The molecular formula is C15H23NO3. The molecule has 0 aliphatic carbocycles. The Morgan fingerprint density at radius 2 is 1.79 bits per heavy atom. The van der Waals surface area contributed by atoms with E-state index in [0.717, 1.165) is 5.56 Å². The van der Waals surface area contributed by atoms with Gasteiger partial charge in [0.05, 0.1) is 6.61 Å². The van der Waals surface area contributed by atoms with E-state index in [1.54, 1.807) is 6.92 Å². The first-order chi connectivity index (χ1) is 8.74. The fourth-order valence-corrected chi connectivity index (χ4v) is 1.71. The summed E-state index contributed by atoms with van der Waals surface area (Å²) in [6.07, 6.45) is -0.0398. The molecule has 106 valence electrons. The van der Waals surface area contributed by atoms with Crippen LogP contribution in [0.15, 0.2) is 30.3 Å². The van der Waals surface area contributed by atoms with E-state index in [2.05, 4.69) is 5.32 Å². The molecule has 0 aromatic heterocycles. The third kappa shape index (κ3) is 5.75. The number of hydrogen-bond donors (Lipinski definition) is 2. The van der Waals surface area contributed by atoms with Gasteiger partial charge in [-0.25, -0.2) is 4.79 Å². The first kappa shape index (κ1) is 15.5. The summed E-state index contributed by atoms with van der Waals surface area (Å²) in [5.41, 5.74) is -0.265. The van der Waals surface area contributed by atoms with Crippen molar-refractivity contribution in [2.24, 2.45) is 0 Å². The number of amides is 1. The Morgan fingerprint density at radius 1 is 1.21 bits per heavy atom. The van der Waals surface area contributed by atoms with Crippen LogP contribution in [0.2, 0.25) is 0 Å². The van der Waals surface area contributed by atoms with Crippen molar-refractivity contribution in [3.63, 3.8) is 0 Å². The maximum atomic E-state index is 11.8. The fourth-order valence-electron chi connectivity index (χ4n) is 1.71. The quantitative estimate of drug-likeness (QED) is 0.879. The highest BCUT2D eigenvalue weighted by atomic mass is 16.6. The molecule has 0 aliphatic heterocycles. The van der Waals surface area contributed by atoms with Crippen LogP contribution in [0, 0.1) is 0 Å². The number of aliphatic hydroxyl groups is 1. The Bertz CT molecular complexity index is 411. The molecule has 0 saturated heterocycles. The lowest BCUT2D eigenvalue weighted by Gasteiger charge is -2.30. The van der Waals surface area contributed by atoms with Crippen molar-refractivity contribution in [2.45, 2.75) is 45.3 Å². The highest BCUT2D eigenvalue weighted by molar-refractivity contribution is 5.68. The number of nitrogens with one attached hydrogen (secondary N) is 1. The van der Waals surface area contributed by atoms with E-state index < -0.39 is 11.7 Å². The van der Waals surface area contributed by atoms with Gasteiger partial charge in [0, 0.05) is 12.0 Å². The molecule has 0 radical (unpaired) electrons. The van der Waals surface area contributed by atoms with Gasteiger partial charge in [0.2, 0.25) is 0 Å². The molecule has 1 amide bonds. The first-order valence-electron chi connectivity index (χ1n) is 6.40. The molecule has 1 rings (SSSR count). The third-order valence-electron chi connectivity index (χ3n) is 2.57. The van der Waals surface area contributed by atoms with E-state index in [0.29, 0.717) is 6.42 Å². The molecule has 1 atom stereocenters. The summed E-state index contributed by atoms with van der Waals surface area (Å²) >= 11 is 0. The number of aliphatic hydroxyl groups excluding tert-OH is 1. The lowest BCUT2D eigenvalue weighted by Crippen LogP contribution is -2.47. The van der Waals surface area contributed by atoms with Crippen LogP contribution in [-0.2, 0) is 11.2 Å². The zero-order valence-corrected chi connectivity index (χ0v) is 12.1. The smallest absolute Gasteiger partial charge is 0.408 e. The zero-order valence-electron chi connectivity index (χ0n) is 12.1. The minimum Gasteiger partial charge on any atom is -0.440 e. The van der Waals surface area contributed by atoms with Crippen LogP contribution < -0.4 is 5.32 Å². The van der Waals surface area contributed by atoms with Crippen molar-refractivity contribution in [3.05, 3.63) is 35.9 Å². The van der Waals surface area contributed by atoms with Crippen LogP contribution >= 0.6 is 0 Å². The summed E-state index contributed by atoms with van der Waals surface area (Å²) in [5.74, 6) is 0. The second-order valence-corrected chi connectivity index (χ2v) is 6.03. The standard InChI is InChI=1S/C15H23NO3/c1-14(2,3)16-13(18)19-15(4,11-17)10-12-8-6-5-7-9-12/h5-9,17H,10-11H2,1-4H3,(H,16,18). The van der Waals surface area contributed by atoms with E-state index >= 15 is 0 Å². The summed E-state index contributed by atoms with van der Waals surface area (Å²) in [6.45, 7) is 7.13. The van der Waals surface area contributed by atoms with Crippen LogP contribution in [0.5, 0.6) is 0 Å². The summed E-state index contributed by atoms with van der Waals surface area (Å²) in [5, 5.41) is 12.2. The van der Waals surface area contributed by atoms with Gasteiger partial charge in [0.25, 0.3) is 0 Å². The van der Waals surface area contributed by atoms with Gasteiger partial charge in [-0.3, -0.25) is 0 Å². The largest absolute Gasteiger partial charge is 0.440 e. The molecule has 19 heavy (non-hydrogen) atoms. The highest BCUT2D eigenvalue weighted by Gasteiger charge is 2.29. The number of rotatable bonds is 4. The molecule has 1 unspecified atom stereocenters. The SMILES string of the molecule is CC(C)(C)NC(=O)OC(C)(CO)Cc1ccccc1. The third-order valence-corrected chi connectivity index (χ3v) is 2.57. The van der Waals surface area contributed by atoms with E-state index in [1.165, 1.54) is 0 Å². The fraction of sp³-hybridized carbons (Fsp3) is 0.533. The van der Waals surface area contributed by atoms with Crippen molar-refractivity contribution in [1.29, 1.82) is 0 Å². The summed E-state index contributed by atoms with van der Waals surface area (Å²) in [4.78, 5) is 11.8.